The highest BCUT2D eigenvalue weighted by Gasteiger charge is 2.75. The molecular formula is C26H35NO7. The third kappa shape index (κ3) is 2.75. The molecular weight excluding hydrogens is 438 g/mol. The van der Waals surface area contributed by atoms with Crippen molar-refractivity contribution in [3.8, 4) is 0 Å². The Kier molecular flexibility index (Phi) is 5.13. The van der Waals surface area contributed by atoms with Crippen molar-refractivity contribution in [2.75, 3.05) is 7.11 Å². The number of nitrogens with one attached hydrogen (secondary N) is 1. The van der Waals surface area contributed by atoms with Crippen LogP contribution in [0.1, 0.15) is 52.9 Å². The summed E-state index contributed by atoms with van der Waals surface area (Å²) in [5, 5.41) is 25.3. The summed E-state index contributed by atoms with van der Waals surface area (Å²) >= 11 is 0. The van der Waals surface area contributed by atoms with Crippen molar-refractivity contribution in [2.45, 2.75) is 76.7 Å². The molecule has 1 aliphatic heterocycles. The molecule has 1 spiro atoms. The van der Waals surface area contributed by atoms with Gasteiger partial charge in [-0.1, -0.05) is 32.4 Å². The summed E-state index contributed by atoms with van der Waals surface area (Å²) in [5.74, 6) is -2.86. The summed E-state index contributed by atoms with van der Waals surface area (Å²) < 4.78 is 10.5. The van der Waals surface area contributed by atoms with E-state index in [0.29, 0.717) is 32.1 Å². The van der Waals surface area contributed by atoms with Gasteiger partial charge in [-0.05, 0) is 61.5 Å². The van der Waals surface area contributed by atoms with Crippen LogP contribution in [-0.2, 0) is 23.9 Å². The number of hydrogen-bond acceptors (Lipinski definition) is 7. The Labute approximate surface area is 199 Å². The summed E-state index contributed by atoms with van der Waals surface area (Å²) in [5.41, 5.74) is -1.26. The lowest BCUT2D eigenvalue weighted by Crippen LogP contribution is -2.55. The Morgan fingerprint density at radius 2 is 2.12 bits per heavy atom. The molecule has 0 aromatic heterocycles. The smallest absolute Gasteiger partial charge is 0.328 e. The van der Waals surface area contributed by atoms with Crippen LogP contribution in [0.25, 0.3) is 0 Å². The van der Waals surface area contributed by atoms with Gasteiger partial charge in [-0.15, -0.1) is 0 Å². The monoisotopic (exact) mass is 473 g/mol. The molecule has 8 nitrogen and oxygen atoms in total. The molecule has 34 heavy (non-hydrogen) atoms. The topological polar surface area (TPSA) is 122 Å². The molecule has 0 radical (unpaired) electrons. The fraction of sp³-hybridized carbons (Fsp3) is 0.731. The normalized spacial score (nSPS) is 45.6. The Bertz CT molecular complexity index is 1010. The fourth-order valence-corrected chi connectivity index (χ4v) is 7.92. The second-order valence-corrected chi connectivity index (χ2v) is 11.4. The van der Waals surface area contributed by atoms with E-state index in [-0.39, 0.29) is 17.7 Å². The highest BCUT2D eigenvalue weighted by molar-refractivity contribution is 5.90. The number of carbonyl (C=O) groups is 3. The Balaban J connectivity index is 1.63. The average Bonchev–Trinajstić information content (AvgIpc) is 3.24. The third-order valence-electron chi connectivity index (χ3n) is 9.94. The molecule has 5 rings (SSSR count). The minimum atomic E-state index is -1.28. The first-order chi connectivity index (χ1) is 15.9. The number of rotatable bonds is 5. The van der Waals surface area contributed by atoms with Crippen LogP contribution in [-0.4, -0.2) is 59.0 Å². The molecule has 0 unspecified atom stereocenters. The minimum Gasteiger partial charge on any atom is -0.467 e. The first-order valence-electron chi connectivity index (χ1n) is 12.3. The molecule has 1 saturated heterocycles. The van der Waals surface area contributed by atoms with Crippen molar-refractivity contribution in [3.63, 3.8) is 0 Å². The summed E-state index contributed by atoms with van der Waals surface area (Å²) in [6.07, 6.45) is 2.79. The number of ether oxygens (including phenoxy) is 2. The van der Waals surface area contributed by atoms with Gasteiger partial charge >= 0.3 is 11.9 Å². The predicted molar refractivity (Wildman–Crippen MR) is 121 cm³/mol. The molecule has 3 saturated carbocycles. The third-order valence-corrected chi connectivity index (χ3v) is 9.94. The molecule has 8 heteroatoms. The summed E-state index contributed by atoms with van der Waals surface area (Å²) in [6, 6.07) is -0.831. The van der Waals surface area contributed by atoms with Crippen LogP contribution < -0.4 is 5.32 Å². The van der Waals surface area contributed by atoms with Gasteiger partial charge in [0, 0.05) is 5.92 Å². The number of aliphatic hydroxyl groups is 2. The van der Waals surface area contributed by atoms with E-state index in [9.17, 15) is 24.6 Å². The maximum Gasteiger partial charge on any atom is 0.328 e. The SMILES string of the molecule is C=C1C[C@]23C[C@@]1(O)CC[C@H]2C1=C[C@H]2OC(=O)[C@@](C)([C@H]1[C@@H]3C(=O)N[C@H](C(=O)OC)[C@@H](C)CC)[C@H]2O. The Hall–Kier alpha value is -2.19. The van der Waals surface area contributed by atoms with Gasteiger partial charge in [-0.25, -0.2) is 4.79 Å². The standard InChI is InChI=1S/C26H35NO7/c1-6-12(2)19(22(30)33-5)27-21(29)18-17-14(9-16-20(28)24(17,4)23(31)34-16)15-7-8-26(32)11-25(15,18)10-13(26)3/h9,12,15-20,28,32H,3,6-8,10-11H2,1-2,4-5H3,(H,27,29)/t12-,15-,16+,17+,18+,19-,20-,24-,25-,26-/m0/s1. The summed E-state index contributed by atoms with van der Waals surface area (Å²) in [7, 11) is 1.30. The Morgan fingerprint density at radius 3 is 2.76 bits per heavy atom. The molecule has 1 heterocycles. The van der Waals surface area contributed by atoms with E-state index in [2.05, 4.69) is 11.9 Å². The quantitative estimate of drug-likeness (QED) is 0.410. The molecule has 1 amide bonds. The zero-order valence-corrected chi connectivity index (χ0v) is 20.3. The predicted octanol–water partition coefficient (Wildman–Crippen LogP) is 1.65. The first-order valence-corrected chi connectivity index (χ1v) is 12.3. The number of amides is 1. The van der Waals surface area contributed by atoms with Gasteiger partial charge in [0.05, 0.1) is 18.6 Å². The molecule has 186 valence electrons. The van der Waals surface area contributed by atoms with Gasteiger partial charge in [0.1, 0.15) is 23.7 Å². The van der Waals surface area contributed by atoms with E-state index in [1.807, 2.05) is 19.9 Å². The van der Waals surface area contributed by atoms with Crippen molar-refractivity contribution in [2.24, 2.45) is 34.5 Å². The zero-order chi connectivity index (χ0) is 24.8. The molecule has 3 N–H and O–H groups in total. The highest BCUT2D eigenvalue weighted by Crippen LogP contribution is 2.74. The lowest BCUT2D eigenvalue weighted by molar-refractivity contribution is -0.154. The van der Waals surface area contributed by atoms with Crippen LogP contribution in [0.2, 0.25) is 0 Å². The van der Waals surface area contributed by atoms with E-state index in [1.54, 1.807) is 6.92 Å². The van der Waals surface area contributed by atoms with Crippen LogP contribution in [0.3, 0.4) is 0 Å². The lowest BCUT2D eigenvalue weighted by atomic mass is 9.60. The number of carbonyl (C=O) groups excluding carboxylic acids is 3. The number of hydrogen-bond donors (Lipinski definition) is 3. The maximum atomic E-state index is 14.1. The molecule has 5 aliphatic rings. The number of fused-ring (bicyclic) bond motifs is 6. The molecule has 4 aliphatic carbocycles. The number of esters is 2. The van der Waals surface area contributed by atoms with Crippen molar-refractivity contribution in [1.82, 2.24) is 5.32 Å². The van der Waals surface area contributed by atoms with Crippen LogP contribution >= 0.6 is 0 Å². The van der Waals surface area contributed by atoms with E-state index in [0.717, 1.165) is 11.1 Å². The largest absolute Gasteiger partial charge is 0.467 e. The second-order valence-electron chi connectivity index (χ2n) is 11.4. The zero-order valence-electron chi connectivity index (χ0n) is 20.3. The number of aliphatic hydroxyl groups excluding tert-OH is 1. The molecule has 4 fully saturated rings. The van der Waals surface area contributed by atoms with Crippen LogP contribution in [0.4, 0.5) is 0 Å². The van der Waals surface area contributed by atoms with Gasteiger partial charge < -0.3 is 25.0 Å². The number of allylic oxidation sites excluding steroid dienone is 1. The van der Waals surface area contributed by atoms with Crippen LogP contribution in [0.15, 0.2) is 23.8 Å². The average molecular weight is 474 g/mol. The van der Waals surface area contributed by atoms with E-state index in [1.165, 1.54) is 7.11 Å². The summed E-state index contributed by atoms with van der Waals surface area (Å²) in [6.45, 7) is 9.66. The Morgan fingerprint density at radius 1 is 1.41 bits per heavy atom. The second kappa shape index (κ2) is 7.40. The minimum absolute atomic E-state index is 0.0308. The maximum absolute atomic E-state index is 14.1. The first kappa shape index (κ1) is 23.5. The van der Waals surface area contributed by atoms with Gasteiger partial charge in [0.25, 0.3) is 0 Å². The van der Waals surface area contributed by atoms with Crippen LogP contribution in [0, 0.1) is 34.5 Å². The molecule has 10 atom stereocenters. The molecule has 0 aromatic carbocycles. The van der Waals surface area contributed by atoms with E-state index >= 15 is 0 Å². The van der Waals surface area contributed by atoms with E-state index < -0.39 is 58.5 Å². The van der Waals surface area contributed by atoms with Crippen molar-refractivity contribution < 1.29 is 34.1 Å². The van der Waals surface area contributed by atoms with Gasteiger partial charge in [-0.3, -0.25) is 9.59 Å². The molecule has 4 bridgehead atoms. The molecule has 0 aromatic rings. The van der Waals surface area contributed by atoms with Gasteiger partial charge in [0.15, 0.2) is 0 Å². The van der Waals surface area contributed by atoms with Crippen molar-refractivity contribution in [3.05, 3.63) is 23.8 Å². The lowest BCUT2D eigenvalue weighted by Gasteiger charge is -2.43. The fourth-order valence-electron chi connectivity index (χ4n) is 7.92. The summed E-state index contributed by atoms with van der Waals surface area (Å²) in [4.78, 5) is 39.8. The van der Waals surface area contributed by atoms with Gasteiger partial charge in [-0.2, -0.15) is 0 Å². The highest BCUT2D eigenvalue weighted by atomic mass is 16.6. The van der Waals surface area contributed by atoms with Gasteiger partial charge in [0.2, 0.25) is 5.91 Å². The van der Waals surface area contributed by atoms with Crippen molar-refractivity contribution >= 4 is 17.8 Å². The van der Waals surface area contributed by atoms with Crippen molar-refractivity contribution in [1.29, 1.82) is 0 Å². The van der Waals surface area contributed by atoms with E-state index in [4.69, 9.17) is 9.47 Å². The number of methoxy groups -OCH3 is 1. The van der Waals surface area contributed by atoms with Crippen LogP contribution in [0.5, 0.6) is 0 Å².